The van der Waals surface area contributed by atoms with Crippen LogP contribution in [0, 0.1) is 0 Å². The molecule has 0 fully saturated rings. The Balaban J connectivity index is 3.01. The van der Waals surface area contributed by atoms with Crippen LogP contribution in [0.5, 0.6) is 0 Å². The summed E-state index contributed by atoms with van der Waals surface area (Å²) in [7, 11) is 2.49. The summed E-state index contributed by atoms with van der Waals surface area (Å²) in [5.41, 5.74) is 1.86. The molecule has 0 amide bonds. The molecule has 0 atom stereocenters. The number of benzene rings is 1. The highest BCUT2D eigenvalue weighted by atomic mass is 16.5. The van der Waals surface area contributed by atoms with E-state index in [9.17, 15) is 9.59 Å². The smallest absolute Gasteiger partial charge is 0.354 e. The van der Waals surface area contributed by atoms with Gasteiger partial charge in [0.25, 0.3) is 0 Å². The molecular weight excluding hydrogens is 258 g/mol. The minimum atomic E-state index is -0.634. The first-order valence-electron chi connectivity index (χ1n) is 6.23. The molecule has 0 spiro atoms. The van der Waals surface area contributed by atoms with Crippen LogP contribution in [-0.4, -0.2) is 26.2 Å². The lowest BCUT2D eigenvalue weighted by Gasteiger charge is -2.11. The number of nitrogens with one attached hydrogen (secondary N) is 1. The Bertz CT molecular complexity index is 520. The Morgan fingerprint density at radius 2 is 1.90 bits per heavy atom. The predicted octanol–water partition coefficient (Wildman–Crippen LogP) is 2.45. The van der Waals surface area contributed by atoms with Crippen molar-refractivity contribution in [2.75, 3.05) is 19.5 Å². The number of hydrogen-bond acceptors (Lipinski definition) is 5. The fraction of sp³-hybridized carbons (Fsp3) is 0.333. The maximum Gasteiger partial charge on any atom is 0.354 e. The minimum Gasteiger partial charge on any atom is -0.466 e. The highest BCUT2D eigenvalue weighted by Gasteiger charge is 2.13. The van der Waals surface area contributed by atoms with Crippen molar-refractivity contribution in [2.45, 2.75) is 19.8 Å². The Morgan fingerprint density at radius 3 is 2.45 bits per heavy atom. The van der Waals surface area contributed by atoms with Crippen LogP contribution < -0.4 is 5.32 Å². The van der Waals surface area contributed by atoms with Crippen LogP contribution in [0.3, 0.4) is 0 Å². The van der Waals surface area contributed by atoms with Crippen molar-refractivity contribution in [3.63, 3.8) is 0 Å². The number of methoxy groups -OCH3 is 2. The molecule has 0 saturated carbocycles. The second-order valence-electron chi connectivity index (χ2n) is 4.48. The van der Waals surface area contributed by atoms with E-state index in [-0.39, 0.29) is 5.70 Å². The zero-order valence-corrected chi connectivity index (χ0v) is 12.1. The molecule has 0 aliphatic rings. The second kappa shape index (κ2) is 7.33. The Morgan fingerprint density at radius 1 is 1.20 bits per heavy atom. The quantitative estimate of drug-likeness (QED) is 0.661. The lowest BCUT2D eigenvalue weighted by molar-refractivity contribution is -0.138. The molecule has 0 bridgehead atoms. The number of carbonyl (C=O) groups is 2. The molecule has 1 rings (SSSR count). The molecule has 0 aromatic heterocycles. The average molecular weight is 277 g/mol. The summed E-state index contributed by atoms with van der Waals surface area (Å²) < 4.78 is 9.14. The van der Waals surface area contributed by atoms with E-state index < -0.39 is 11.9 Å². The minimum absolute atomic E-state index is 0.0280. The fourth-order valence-electron chi connectivity index (χ4n) is 1.56. The van der Waals surface area contributed by atoms with E-state index in [1.54, 1.807) is 6.07 Å². The number of rotatable bonds is 5. The molecule has 0 aliphatic carbocycles. The molecule has 5 nitrogen and oxygen atoms in total. The molecule has 20 heavy (non-hydrogen) atoms. The molecule has 1 aromatic carbocycles. The average Bonchev–Trinajstić information content (AvgIpc) is 2.45. The fourth-order valence-corrected chi connectivity index (χ4v) is 1.56. The van der Waals surface area contributed by atoms with Crippen LogP contribution >= 0.6 is 0 Å². The number of carbonyl (C=O) groups excluding carboxylic acids is 2. The molecule has 108 valence electrons. The molecule has 0 heterocycles. The Kier molecular flexibility index (Phi) is 5.77. The largest absolute Gasteiger partial charge is 0.466 e. The van der Waals surface area contributed by atoms with Gasteiger partial charge >= 0.3 is 11.9 Å². The summed E-state index contributed by atoms with van der Waals surface area (Å²) in [5, 5.41) is 2.88. The van der Waals surface area contributed by atoms with Crippen molar-refractivity contribution in [1.29, 1.82) is 0 Å². The van der Waals surface area contributed by atoms with Crippen molar-refractivity contribution < 1.29 is 19.1 Å². The van der Waals surface area contributed by atoms with Gasteiger partial charge in [-0.3, -0.25) is 0 Å². The molecule has 0 saturated heterocycles. The number of ether oxygens (including phenoxy) is 2. The van der Waals surface area contributed by atoms with Crippen molar-refractivity contribution in [3.05, 3.63) is 41.6 Å². The molecule has 0 radical (unpaired) electrons. The first kappa shape index (κ1) is 15.8. The molecule has 0 unspecified atom stereocenters. The van der Waals surface area contributed by atoms with Gasteiger partial charge < -0.3 is 14.8 Å². The summed E-state index contributed by atoms with van der Waals surface area (Å²) in [5.74, 6) is -0.897. The summed E-state index contributed by atoms with van der Waals surface area (Å²) in [6.45, 7) is 4.15. The molecule has 5 heteroatoms. The van der Waals surface area contributed by atoms with Crippen molar-refractivity contribution in [2.24, 2.45) is 0 Å². The van der Waals surface area contributed by atoms with Gasteiger partial charge in [0, 0.05) is 5.69 Å². The molecule has 1 aromatic rings. The lowest BCUT2D eigenvalue weighted by atomic mass is 10.0. The van der Waals surface area contributed by atoms with E-state index in [0.717, 1.165) is 11.6 Å². The van der Waals surface area contributed by atoms with Gasteiger partial charge in [-0.05, 0) is 23.6 Å². The van der Waals surface area contributed by atoms with Gasteiger partial charge in [-0.2, -0.15) is 0 Å². The van der Waals surface area contributed by atoms with Gasteiger partial charge in [0.15, 0.2) is 0 Å². The van der Waals surface area contributed by atoms with Crippen LogP contribution in [0.2, 0.25) is 0 Å². The summed E-state index contributed by atoms with van der Waals surface area (Å²) in [6.07, 6.45) is 1.06. The Hall–Kier alpha value is -2.30. The van der Waals surface area contributed by atoms with E-state index in [1.165, 1.54) is 14.2 Å². The number of esters is 2. The van der Waals surface area contributed by atoms with E-state index in [4.69, 9.17) is 0 Å². The zero-order valence-electron chi connectivity index (χ0n) is 12.1. The third-order valence-electron chi connectivity index (χ3n) is 2.70. The van der Waals surface area contributed by atoms with Crippen LogP contribution in [0.4, 0.5) is 5.69 Å². The zero-order chi connectivity index (χ0) is 15.1. The van der Waals surface area contributed by atoms with Gasteiger partial charge in [-0.15, -0.1) is 0 Å². The lowest BCUT2D eigenvalue weighted by Crippen LogP contribution is -2.15. The summed E-state index contributed by atoms with van der Waals surface area (Å²) in [4.78, 5) is 22.9. The number of hydrogen-bond donors (Lipinski definition) is 1. The van der Waals surface area contributed by atoms with Crippen LogP contribution in [0.1, 0.15) is 25.3 Å². The van der Waals surface area contributed by atoms with E-state index >= 15 is 0 Å². The predicted molar refractivity (Wildman–Crippen MR) is 76.3 cm³/mol. The maximum atomic E-state index is 11.6. The van der Waals surface area contributed by atoms with E-state index in [1.807, 2.05) is 18.2 Å². The summed E-state index contributed by atoms with van der Waals surface area (Å²) in [6, 6.07) is 7.60. The summed E-state index contributed by atoms with van der Waals surface area (Å²) >= 11 is 0. The van der Waals surface area contributed by atoms with Gasteiger partial charge in [0.1, 0.15) is 5.70 Å². The first-order chi connectivity index (χ1) is 9.47. The monoisotopic (exact) mass is 277 g/mol. The van der Waals surface area contributed by atoms with Gasteiger partial charge in [0.2, 0.25) is 0 Å². The topological polar surface area (TPSA) is 64.6 Å². The first-order valence-corrected chi connectivity index (χ1v) is 6.23. The number of anilines is 1. The highest BCUT2D eigenvalue weighted by Crippen LogP contribution is 2.19. The highest BCUT2D eigenvalue weighted by molar-refractivity contribution is 5.98. The van der Waals surface area contributed by atoms with Gasteiger partial charge in [-0.25, -0.2) is 9.59 Å². The van der Waals surface area contributed by atoms with Crippen molar-refractivity contribution in [3.8, 4) is 0 Å². The molecular formula is C15H19NO4. The second-order valence-corrected chi connectivity index (χ2v) is 4.48. The van der Waals surface area contributed by atoms with Crippen LogP contribution in [-0.2, 0) is 19.1 Å². The van der Waals surface area contributed by atoms with Crippen molar-refractivity contribution >= 4 is 17.6 Å². The SMILES string of the molecule is COC(=O)/C=C(/Nc1cccc(C(C)C)c1)C(=O)OC. The molecule has 0 aliphatic heterocycles. The third kappa shape index (κ3) is 4.42. The van der Waals surface area contributed by atoms with E-state index in [0.29, 0.717) is 11.6 Å². The standard InChI is InChI=1S/C15H19NO4/c1-10(2)11-6-5-7-12(8-11)16-13(15(18)20-4)9-14(17)19-3/h5-10,16H,1-4H3/b13-9+. The van der Waals surface area contributed by atoms with Crippen molar-refractivity contribution in [1.82, 2.24) is 0 Å². The normalized spacial score (nSPS) is 11.2. The van der Waals surface area contributed by atoms with Gasteiger partial charge in [0.05, 0.1) is 20.3 Å². The Labute approximate surface area is 118 Å². The third-order valence-corrected chi connectivity index (χ3v) is 2.70. The molecule has 1 N–H and O–H groups in total. The van der Waals surface area contributed by atoms with E-state index in [2.05, 4.69) is 28.6 Å². The van der Waals surface area contributed by atoms with Crippen LogP contribution in [0.15, 0.2) is 36.0 Å². The maximum absolute atomic E-state index is 11.6. The van der Waals surface area contributed by atoms with Gasteiger partial charge in [-0.1, -0.05) is 26.0 Å². The van der Waals surface area contributed by atoms with Crippen LogP contribution in [0.25, 0.3) is 0 Å².